The number of primary sulfonamides is 1. The maximum atomic E-state index is 10.9. The fourth-order valence-corrected chi connectivity index (χ4v) is 1.53. The maximum absolute atomic E-state index is 10.9. The molecule has 14 heavy (non-hydrogen) atoms. The quantitative estimate of drug-likeness (QED) is 0.622. The molecule has 0 amide bonds. The van der Waals surface area contributed by atoms with Gasteiger partial charge in [0.15, 0.2) is 0 Å². The molecular formula is C8H12N2O3S. The Morgan fingerprint density at radius 1 is 1.29 bits per heavy atom. The van der Waals surface area contributed by atoms with E-state index in [-0.39, 0.29) is 11.5 Å². The number of rotatable bonds is 3. The highest BCUT2D eigenvalue weighted by Crippen LogP contribution is 2.13. The number of benzene rings is 1. The Bertz CT molecular complexity index is 399. The van der Waals surface area contributed by atoms with Crippen LogP contribution in [0.25, 0.3) is 0 Å². The first-order valence-electron chi connectivity index (χ1n) is 3.94. The van der Waals surface area contributed by atoms with E-state index in [1.807, 2.05) is 0 Å². The molecule has 6 heteroatoms. The summed E-state index contributed by atoms with van der Waals surface area (Å²) in [5, 5.41) is 13.7. The van der Waals surface area contributed by atoms with E-state index in [0.717, 1.165) is 0 Å². The fraction of sp³-hybridized carbons (Fsp3) is 0.250. The van der Waals surface area contributed by atoms with Crippen LogP contribution in [0, 0.1) is 0 Å². The predicted octanol–water partition coefficient (Wildman–Crippen LogP) is -0.674. The van der Waals surface area contributed by atoms with Crippen molar-refractivity contribution in [3.05, 3.63) is 29.8 Å². The van der Waals surface area contributed by atoms with Crippen molar-refractivity contribution in [2.45, 2.75) is 10.9 Å². The minimum atomic E-state index is -3.66. The normalized spacial score (nSPS) is 13.9. The first-order valence-corrected chi connectivity index (χ1v) is 5.49. The zero-order valence-corrected chi connectivity index (χ0v) is 8.24. The first-order chi connectivity index (χ1) is 6.45. The summed E-state index contributed by atoms with van der Waals surface area (Å²) in [5.74, 6) is 0. The van der Waals surface area contributed by atoms with Gasteiger partial charge >= 0.3 is 0 Å². The molecule has 1 aromatic rings. The second-order valence-corrected chi connectivity index (χ2v) is 4.46. The molecule has 1 rings (SSSR count). The largest absolute Gasteiger partial charge is 0.394 e. The van der Waals surface area contributed by atoms with Gasteiger partial charge < -0.3 is 10.8 Å². The maximum Gasteiger partial charge on any atom is 0.238 e. The molecule has 1 unspecified atom stereocenters. The van der Waals surface area contributed by atoms with Crippen molar-refractivity contribution in [1.82, 2.24) is 0 Å². The second-order valence-electron chi connectivity index (χ2n) is 2.90. The Balaban J connectivity index is 3.01. The third kappa shape index (κ3) is 2.52. The van der Waals surface area contributed by atoms with Gasteiger partial charge in [-0.25, -0.2) is 13.6 Å². The first kappa shape index (κ1) is 11.1. The van der Waals surface area contributed by atoms with Gasteiger partial charge in [-0.05, 0) is 17.7 Å². The standard InChI is InChI=1S/C8H12N2O3S/c9-8(5-11)6-1-3-7(4-2-6)14(10,12)13/h1-4,8,11H,5,9H2,(H2,10,12,13). The molecule has 0 radical (unpaired) electrons. The molecule has 0 fully saturated rings. The third-order valence-corrected chi connectivity index (χ3v) is 2.76. The van der Waals surface area contributed by atoms with Crippen molar-refractivity contribution < 1.29 is 13.5 Å². The molecule has 0 aliphatic carbocycles. The molecule has 0 saturated carbocycles. The monoisotopic (exact) mass is 216 g/mol. The number of aliphatic hydroxyl groups is 1. The van der Waals surface area contributed by atoms with Gasteiger partial charge in [0.2, 0.25) is 10.0 Å². The number of hydrogen-bond donors (Lipinski definition) is 3. The molecule has 1 atom stereocenters. The van der Waals surface area contributed by atoms with E-state index in [9.17, 15) is 8.42 Å². The van der Waals surface area contributed by atoms with Crippen LogP contribution in [0.2, 0.25) is 0 Å². The van der Waals surface area contributed by atoms with Crippen LogP contribution < -0.4 is 10.9 Å². The Labute approximate surface area is 82.4 Å². The molecule has 5 N–H and O–H groups in total. The van der Waals surface area contributed by atoms with Gasteiger partial charge in [0, 0.05) is 0 Å². The number of nitrogens with two attached hydrogens (primary N) is 2. The fourth-order valence-electron chi connectivity index (χ4n) is 1.01. The molecule has 5 nitrogen and oxygen atoms in total. The Morgan fingerprint density at radius 2 is 1.79 bits per heavy atom. The highest BCUT2D eigenvalue weighted by atomic mass is 32.2. The third-order valence-electron chi connectivity index (χ3n) is 1.83. The van der Waals surface area contributed by atoms with Gasteiger partial charge in [-0.1, -0.05) is 12.1 Å². The highest BCUT2D eigenvalue weighted by molar-refractivity contribution is 7.89. The summed E-state index contributed by atoms with van der Waals surface area (Å²) in [6.45, 7) is -0.186. The van der Waals surface area contributed by atoms with Crippen LogP contribution in [0.4, 0.5) is 0 Å². The lowest BCUT2D eigenvalue weighted by Crippen LogP contribution is -2.15. The van der Waals surface area contributed by atoms with Gasteiger partial charge in [-0.15, -0.1) is 0 Å². The molecule has 78 valence electrons. The highest BCUT2D eigenvalue weighted by Gasteiger charge is 2.09. The van der Waals surface area contributed by atoms with Crippen LogP contribution in [-0.2, 0) is 10.0 Å². The van der Waals surface area contributed by atoms with Crippen molar-refractivity contribution in [3.63, 3.8) is 0 Å². The van der Waals surface area contributed by atoms with E-state index in [1.165, 1.54) is 24.3 Å². The van der Waals surface area contributed by atoms with E-state index in [2.05, 4.69) is 0 Å². The molecule has 0 bridgehead atoms. The lowest BCUT2D eigenvalue weighted by Gasteiger charge is -2.08. The lowest BCUT2D eigenvalue weighted by molar-refractivity contribution is 0.268. The topological polar surface area (TPSA) is 106 Å². The number of sulfonamides is 1. The molecule has 0 aromatic heterocycles. The van der Waals surface area contributed by atoms with Crippen LogP contribution in [0.1, 0.15) is 11.6 Å². The van der Waals surface area contributed by atoms with Crippen molar-refractivity contribution in [1.29, 1.82) is 0 Å². The van der Waals surface area contributed by atoms with Gasteiger partial charge in [-0.2, -0.15) is 0 Å². The Hall–Kier alpha value is -0.950. The lowest BCUT2D eigenvalue weighted by atomic mass is 10.1. The smallest absolute Gasteiger partial charge is 0.238 e. The van der Waals surface area contributed by atoms with Gasteiger partial charge in [0.05, 0.1) is 17.5 Å². The molecule has 0 saturated heterocycles. The van der Waals surface area contributed by atoms with Crippen molar-refractivity contribution in [3.8, 4) is 0 Å². The van der Waals surface area contributed by atoms with Gasteiger partial charge in [0.1, 0.15) is 0 Å². The zero-order chi connectivity index (χ0) is 10.8. The minimum Gasteiger partial charge on any atom is -0.394 e. The Kier molecular flexibility index (Phi) is 3.22. The van der Waals surface area contributed by atoms with Crippen LogP contribution in [-0.4, -0.2) is 20.1 Å². The predicted molar refractivity (Wildman–Crippen MR) is 51.8 cm³/mol. The molecule has 0 aliphatic heterocycles. The summed E-state index contributed by atoms with van der Waals surface area (Å²) >= 11 is 0. The summed E-state index contributed by atoms with van der Waals surface area (Å²) in [6.07, 6.45) is 0. The summed E-state index contributed by atoms with van der Waals surface area (Å²) in [5.41, 5.74) is 6.19. The summed E-state index contributed by atoms with van der Waals surface area (Å²) in [7, 11) is -3.66. The van der Waals surface area contributed by atoms with E-state index in [4.69, 9.17) is 16.0 Å². The van der Waals surface area contributed by atoms with Crippen molar-refractivity contribution in [2.24, 2.45) is 10.9 Å². The number of aliphatic hydroxyl groups excluding tert-OH is 1. The van der Waals surface area contributed by atoms with Crippen LogP contribution >= 0.6 is 0 Å². The molecule has 1 aromatic carbocycles. The molecule has 0 spiro atoms. The SMILES string of the molecule is NC(CO)c1ccc(S(N)(=O)=O)cc1. The van der Waals surface area contributed by atoms with E-state index in [0.29, 0.717) is 5.56 Å². The van der Waals surface area contributed by atoms with Crippen molar-refractivity contribution in [2.75, 3.05) is 6.61 Å². The zero-order valence-electron chi connectivity index (χ0n) is 7.42. The average Bonchev–Trinajstić information content (AvgIpc) is 2.15. The van der Waals surface area contributed by atoms with Crippen molar-refractivity contribution >= 4 is 10.0 Å². The average molecular weight is 216 g/mol. The van der Waals surface area contributed by atoms with E-state index >= 15 is 0 Å². The molecule has 0 heterocycles. The summed E-state index contributed by atoms with van der Waals surface area (Å²) in [4.78, 5) is 0.0337. The van der Waals surface area contributed by atoms with Gasteiger partial charge in [0.25, 0.3) is 0 Å². The van der Waals surface area contributed by atoms with Gasteiger partial charge in [-0.3, -0.25) is 0 Å². The minimum absolute atomic E-state index is 0.0337. The second kappa shape index (κ2) is 4.05. The van der Waals surface area contributed by atoms with E-state index < -0.39 is 16.1 Å². The Morgan fingerprint density at radius 3 is 2.14 bits per heavy atom. The van der Waals surface area contributed by atoms with E-state index in [1.54, 1.807) is 0 Å². The summed E-state index contributed by atoms with van der Waals surface area (Å²) in [6, 6.07) is 5.28. The van der Waals surface area contributed by atoms with Crippen LogP contribution in [0.15, 0.2) is 29.2 Å². The number of hydrogen-bond acceptors (Lipinski definition) is 4. The van der Waals surface area contributed by atoms with Crippen LogP contribution in [0.3, 0.4) is 0 Å². The summed E-state index contributed by atoms with van der Waals surface area (Å²) < 4.78 is 21.8. The molecular weight excluding hydrogens is 204 g/mol. The molecule has 0 aliphatic rings. The van der Waals surface area contributed by atoms with Crippen LogP contribution in [0.5, 0.6) is 0 Å².